The zero-order valence-electron chi connectivity index (χ0n) is 19.0. The minimum Gasteiger partial charge on any atom is -0.497 e. The predicted octanol–water partition coefficient (Wildman–Crippen LogP) is 3.59. The Hall–Kier alpha value is -4.46. The molecular weight excluding hydrogens is 434 g/mol. The average molecular weight is 457 g/mol. The van der Waals surface area contributed by atoms with Gasteiger partial charge in [-0.25, -0.2) is 4.98 Å². The molecule has 0 unspecified atom stereocenters. The number of pyridine rings is 2. The lowest BCUT2D eigenvalue weighted by Crippen LogP contribution is -2.25. The third kappa shape index (κ3) is 4.66. The number of fused-ring (bicyclic) bond motifs is 1. The summed E-state index contributed by atoms with van der Waals surface area (Å²) in [5.41, 5.74) is 1.48. The number of aromatic nitrogens is 2. The lowest BCUT2D eigenvalue weighted by molar-refractivity contribution is -0.116. The van der Waals surface area contributed by atoms with E-state index in [0.717, 1.165) is 0 Å². The molecule has 172 valence electrons. The number of hydrogen-bond donors (Lipinski definition) is 1. The molecule has 34 heavy (non-hydrogen) atoms. The van der Waals surface area contributed by atoms with Crippen LogP contribution in [0.2, 0.25) is 0 Å². The van der Waals surface area contributed by atoms with Crippen molar-refractivity contribution in [3.05, 3.63) is 93.9 Å². The first-order valence-corrected chi connectivity index (χ1v) is 10.5. The molecule has 4 aromatic rings. The van der Waals surface area contributed by atoms with Crippen molar-refractivity contribution in [2.75, 3.05) is 19.5 Å². The molecule has 0 atom stereocenters. The summed E-state index contributed by atoms with van der Waals surface area (Å²) in [4.78, 5) is 43.6. The summed E-state index contributed by atoms with van der Waals surface area (Å²) in [6, 6.07) is 16.7. The third-order valence-corrected chi connectivity index (χ3v) is 5.35. The van der Waals surface area contributed by atoms with Gasteiger partial charge >= 0.3 is 0 Å². The number of aryl methyl sites for hydroxylation is 1. The smallest absolute Gasteiger partial charge is 0.244 e. The largest absolute Gasteiger partial charge is 0.497 e. The van der Waals surface area contributed by atoms with E-state index in [2.05, 4.69) is 10.3 Å². The normalized spacial score (nSPS) is 10.7. The van der Waals surface area contributed by atoms with Crippen LogP contribution in [0.4, 0.5) is 5.69 Å². The van der Waals surface area contributed by atoms with E-state index < -0.39 is 11.2 Å². The number of ketones is 1. The average Bonchev–Trinajstić information content (AvgIpc) is 2.85. The Morgan fingerprint density at radius 3 is 2.15 bits per heavy atom. The highest BCUT2D eigenvalue weighted by molar-refractivity contribution is 6.10. The van der Waals surface area contributed by atoms with E-state index >= 15 is 0 Å². The number of hydrogen-bond acceptors (Lipinski definition) is 6. The summed E-state index contributed by atoms with van der Waals surface area (Å²) in [6.45, 7) is 1.66. The van der Waals surface area contributed by atoms with Crippen LogP contribution in [0.1, 0.15) is 21.6 Å². The van der Waals surface area contributed by atoms with Crippen LogP contribution in [0.5, 0.6) is 11.5 Å². The summed E-state index contributed by atoms with van der Waals surface area (Å²) in [5.74, 6) is 0.494. The number of nitrogens with zero attached hydrogens (tertiary/aromatic N) is 2. The van der Waals surface area contributed by atoms with Crippen molar-refractivity contribution in [2.24, 2.45) is 0 Å². The minimum atomic E-state index is -0.445. The highest BCUT2D eigenvalue weighted by Crippen LogP contribution is 2.18. The van der Waals surface area contributed by atoms with Gasteiger partial charge in [0.15, 0.2) is 5.78 Å². The van der Waals surface area contributed by atoms with Crippen LogP contribution in [0.25, 0.3) is 11.0 Å². The molecular formula is C26H23N3O5. The van der Waals surface area contributed by atoms with E-state index in [9.17, 15) is 14.4 Å². The van der Waals surface area contributed by atoms with Gasteiger partial charge in [-0.15, -0.1) is 0 Å². The maximum atomic E-state index is 13.2. The number of nitrogens with one attached hydrogen (secondary N) is 1. The molecule has 0 bridgehead atoms. The molecule has 0 spiro atoms. The fraction of sp³-hybridized carbons (Fsp3) is 0.154. The van der Waals surface area contributed by atoms with Gasteiger partial charge in [-0.2, -0.15) is 0 Å². The van der Waals surface area contributed by atoms with E-state index in [0.29, 0.717) is 34.1 Å². The van der Waals surface area contributed by atoms with Crippen molar-refractivity contribution < 1.29 is 19.1 Å². The number of amides is 1. The first-order chi connectivity index (χ1) is 16.4. The van der Waals surface area contributed by atoms with E-state index in [1.54, 1.807) is 74.7 Å². The molecule has 1 N–H and O–H groups in total. The van der Waals surface area contributed by atoms with Crippen LogP contribution in [0.3, 0.4) is 0 Å². The lowest BCUT2D eigenvalue weighted by atomic mass is 10.0. The molecule has 2 aromatic carbocycles. The Bertz CT molecular complexity index is 1420. The number of carbonyl (C=O) groups is 2. The van der Waals surface area contributed by atoms with Crippen LogP contribution in [-0.2, 0) is 11.3 Å². The molecule has 0 aliphatic rings. The van der Waals surface area contributed by atoms with Crippen molar-refractivity contribution in [2.45, 2.75) is 13.5 Å². The first kappa shape index (κ1) is 22.7. The number of ether oxygens (including phenoxy) is 2. The second-order valence-electron chi connectivity index (χ2n) is 7.66. The zero-order chi connectivity index (χ0) is 24.2. The number of carbonyl (C=O) groups excluding carboxylic acids is 2. The molecule has 4 rings (SSSR count). The highest BCUT2D eigenvalue weighted by Gasteiger charge is 2.19. The lowest BCUT2D eigenvalue weighted by Gasteiger charge is -2.13. The van der Waals surface area contributed by atoms with Crippen molar-refractivity contribution in [3.63, 3.8) is 0 Å². The molecule has 1 amide bonds. The van der Waals surface area contributed by atoms with Gasteiger partial charge in [-0.05, 0) is 67.6 Å². The Morgan fingerprint density at radius 2 is 1.53 bits per heavy atom. The fourth-order valence-corrected chi connectivity index (χ4v) is 3.57. The van der Waals surface area contributed by atoms with Crippen molar-refractivity contribution in [3.8, 4) is 11.5 Å². The van der Waals surface area contributed by atoms with Gasteiger partial charge in [0.25, 0.3) is 0 Å². The van der Waals surface area contributed by atoms with E-state index in [1.807, 2.05) is 0 Å². The van der Waals surface area contributed by atoms with E-state index in [4.69, 9.17) is 9.47 Å². The van der Waals surface area contributed by atoms with Gasteiger partial charge in [0.05, 0.1) is 25.2 Å². The summed E-state index contributed by atoms with van der Waals surface area (Å²) >= 11 is 0. The predicted molar refractivity (Wildman–Crippen MR) is 129 cm³/mol. The summed E-state index contributed by atoms with van der Waals surface area (Å²) < 4.78 is 11.8. The van der Waals surface area contributed by atoms with Gasteiger partial charge in [-0.1, -0.05) is 0 Å². The third-order valence-electron chi connectivity index (χ3n) is 5.35. The molecule has 0 saturated carbocycles. The minimum absolute atomic E-state index is 0.0411. The molecule has 0 fully saturated rings. The maximum absolute atomic E-state index is 13.2. The zero-order valence-corrected chi connectivity index (χ0v) is 19.0. The van der Waals surface area contributed by atoms with Crippen molar-refractivity contribution >= 4 is 28.4 Å². The Morgan fingerprint density at radius 1 is 0.912 bits per heavy atom. The topological polar surface area (TPSA) is 99.5 Å². The second-order valence-corrected chi connectivity index (χ2v) is 7.66. The van der Waals surface area contributed by atoms with Gasteiger partial charge in [-0.3, -0.25) is 14.4 Å². The first-order valence-electron chi connectivity index (χ1n) is 10.5. The van der Waals surface area contributed by atoms with Gasteiger partial charge in [0.1, 0.15) is 23.7 Å². The second kappa shape index (κ2) is 9.58. The molecule has 0 aliphatic carbocycles. The highest BCUT2D eigenvalue weighted by atomic mass is 16.5. The van der Waals surface area contributed by atoms with E-state index in [-0.39, 0.29) is 23.4 Å². The van der Waals surface area contributed by atoms with Crippen molar-refractivity contribution in [1.29, 1.82) is 0 Å². The quantitative estimate of drug-likeness (QED) is 0.426. The van der Waals surface area contributed by atoms with E-state index in [1.165, 1.54) is 17.9 Å². The van der Waals surface area contributed by atoms with Gasteiger partial charge in [0.2, 0.25) is 11.3 Å². The number of rotatable bonds is 7. The van der Waals surface area contributed by atoms with Crippen molar-refractivity contribution in [1.82, 2.24) is 9.55 Å². The monoisotopic (exact) mass is 457 g/mol. The summed E-state index contributed by atoms with van der Waals surface area (Å²) in [5, 5.41) is 3.07. The van der Waals surface area contributed by atoms with Crippen LogP contribution in [0.15, 0.2) is 71.7 Å². The molecule has 0 radical (unpaired) electrons. The summed E-state index contributed by atoms with van der Waals surface area (Å²) in [6.07, 6.45) is 1.40. The van der Waals surface area contributed by atoms with Gasteiger partial charge in [0, 0.05) is 23.1 Å². The standard InChI is InChI=1S/C26H23N3O5/c1-16-4-13-21-25(32)22(24(31)17-5-9-19(33-2)10-6-17)14-29(26(21)27-16)15-23(30)28-18-7-11-20(34-3)12-8-18/h4-14H,15H2,1-3H3,(H,28,30). The molecule has 0 saturated heterocycles. The van der Waals surface area contributed by atoms with Gasteiger partial charge < -0.3 is 19.4 Å². The molecule has 8 nitrogen and oxygen atoms in total. The molecule has 0 aliphatic heterocycles. The Kier molecular flexibility index (Phi) is 6.40. The van der Waals surface area contributed by atoms with Crippen LogP contribution < -0.4 is 20.2 Å². The number of benzene rings is 2. The fourth-order valence-electron chi connectivity index (χ4n) is 3.57. The number of methoxy groups -OCH3 is 2. The molecule has 8 heteroatoms. The Labute approximate surface area is 195 Å². The van der Waals surface area contributed by atoms with Crippen LogP contribution in [0, 0.1) is 6.92 Å². The Balaban J connectivity index is 1.71. The number of anilines is 1. The summed E-state index contributed by atoms with van der Waals surface area (Å²) in [7, 11) is 3.10. The molecule has 2 heterocycles. The van der Waals surface area contributed by atoms with Crippen LogP contribution >= 0.6 is 0 Å². The molecule has 2 aromatic heterocycles. The van der Waals surface area contributed by atoms with Crippen LogP contribution in [-0.4, -0.2) is 35.5 Å². The maximum Gasteiger partial charge on any atom is 0.244 e. The SMILES string of the molecule is COc1ccc(NC(=O)Cn2cc(C(=O)c3ccc(OC)cc3)c(=O)c3ccc(C)nc32)cc1.